The lowest BCUT2D eigenvalue weighted by atomic mass is 10.3. The van der Waals surface area contributed by atoms with Crippen molar-refractivity contribution in [1.29, 1.82) is 0 Å². The maximum absolute atomic E-state index is 12.2. The number of carbonyl (C=O) groups is 3. The van der Waals surface area contributed by atoms with Crippen LogP contribution in [-0.2, 0) is 20.9 Å². The molecule has 1 fully saturated rings. The largest absolute Gasteiger partial charge is 0.473 e. The number of hydrogen-bond donors (Lipinski definition) is 3. The monoisotopic (exact) mass is 488 g/mol. The summed E-state index contributed by atoms with van der Waals surface area (Å²) in [5.41, 5.74) is 1.94. The van der Waals surface area contributed by atoms with Crippen LogP contribution in [-0.4, -0.2) is 75.6 Å². The van der Waals surface area contributed by atoms with Crippen molar-refractivity contribution in [3.63, 3.8) is 0 Å². The predicted octanol–water partition coefficient (Wildman–Crippen LogP) is 2.78. The van der Waals surface area contributed by atoms with Gasteiger partial charge < -0.3 is 15.5 Å². The Hall–Kier alpha value is -3.12. The number of rotatable bonds is 6. The van der Waals surface area contributed by atoms with Gasteiger partial charge in [-0.25, -0.2) is 14.6 Å². The SMILES string of the molecule is O=C(CN1CCN(Cc2nc(-c3cccs3)cs2)CC1)Nc1ccccc1.O=C(O)C(=O)O. The number of carboxylic acid groups (broad SMARTS) is 2. The van der Waals surface area contributed by atoms with Gasteiger partial charge in [-0.15, -0.1) is 22.7 Å². The van der Waals surface area contributed by atoms with Gasteiger partial charge in [-0.2, -0.15) is 0 Å². The standard InChI is InChI=1S/C20H22N4OS2.C2H2O4/c25-19(21-16-5-2-1-3-6-16)13-23-8-10-24(11-9-23)14-20-22-17(15-27-20)18-7-4-12-26-18;3-1(4)2(5)6/h1-7,12,15H,8-11,13-14H2,(H,21,25);(H,3,4)(H,5,6). The van der Waals surface area contributed by atoms with Crippen LogP contribution >= 0.6 is 22.7 Å². The average molecular weight is 489 g/mol. The van der Waals surface area contributed by atoms with Crippen molar-refractivity contribution in [2.24, 2.45) is 0 Å². The Morgan fingerprint density at radius 3 is 2.18 bits per heavy atom. The van der Waals surface area contributed by atoms with Gasteiger partial charge in [0.05, 0.1) is 23.7 Å². The van der Waals surface area contributed by atoms with Crippen LogP contribution in [0.3, 0.4) is 0 Å². The van der Waals surface area contributed by atoms with Gasteiger partial charge in [-0.3, -0.25) is 14.6 Å². The summed E-state index contributed by atoms with van der Waals surface area (Å²) in [5.74, 6) is -3.60. The smallest absolute Gasteiger partial charge is 0.414 e. The predicted molar refractivity (Wildman–Crippen MR) is 127 cm³/mol. The van der Waals surface area contributed by atoms with E-state index in [4.69, 9.17) is 24.8 Å². The zero-order valence-corrected chi connectivity index (χ0v) is 19.3. The first-order valence-corrected chi connectivity index (χ1v) is 11.9. The molecule has 0 unspecified atom stereocenters. The minimum atomic E-state index is -1.82. The van der Waals surface area contributed by atoms with Crippen LogP contribution in [0.5, 0.6) is 0 Å². The van der Waals surface area contributed by atoms with Gasteiger partial charge in [-0.05, 0) is 23.6 Å². The fraction of sp³-hybridized carbons (Fsp3) is 0.273. The lowest BCUT2D eigenvalue weighted by Gasteiger charge is -2.33. The van der Waals surface area contributed by atoms with Crippen molar-refractivity contribution >= 4 is 46.2 Å². The fourth-order valence-corrected chi connectivity index (χ4v) is 4.74. The summed E-state index contributed by atoms with van der Waals surface area (Å²) in [6.07, 6.45) is 0. The summed E-state index contributed by atoms with van der Waals surface area (Å²) in [6, 6.07) is 13.8. The van der Waals surface area contributed by atoms with Gasteiger partial charge in [0, 0.05) is 37.2 Å². The first-order chi connectivity index (χ1) is 15.9. The number of aromatic nitrogens is 1. The number of carboxylic acids is 2. The minimum absolute atomic E-state index is 0.0511. The van der Waals surface area contributed by atoms with E-state index < -0.39 is 11.9 Å². The molecule has 0 atom stereocenters. The van der Waals surface area contributed by atoms with Crippen LogP contribution in [0, 0.1) is 0 Å². The Morgan fingerprint density at radius 1 is 0.909 bits per heavy atom. The Bertz CT molecular complexity index is 1040. The van der Waals surface area contributed by atoms with Crippen molar-refractivity contribution in [1.82, 2.24) is 14.8 Å². The molecule has 0 aliphatic carbocycles. The maximum atomic E-state index is 12.2. The summed E-state index contributed by atoms with van der Waals surface area (Å²) in [4.78, 5) is 41.0. The lowest BCUT2D eigenvalue weighted by molar-refractivity contribution is -0.159. The normalized spacial score (nSPS) is 14.2. The molecule has 9 nitrogen and oxygen atoms in total. The molecule has 1 saturated heterocycles. The third-order valence-corrected chi connectivity index (χ3v) is 6.48. The van der Waals surface area contributed by atoms with E-state index in [-0.39, 0.29) is 5.91 Å². The molecule has 0 bridgehead atoms. The fourth-order valence-electron chi connectivity index (χ4n) is 3.14. The zero-order chi connectivity index (χ0) is 23.6. The van der Waals surface area contributed by atoms with Crippen LogP contribution < -0.4 is 5.32 Å². The number of hydrogen-bond acceptors (Lipinski definition) is 8. The highest BCUT2D eigenvalue weighted by molar-refractivity contribution is 7.14. The molecular weight excluding hydrogens is 464 g/mol. The van der Waals surface area contributed by atoms with Crippen molar-refractivity contribution < 1.29 is 24.6 Å². The lowest BCUT2D eigenvalue weighted by Crippen LogP contribution is -2.48. The van der Waals surface area contributed by atoms with E-state index in [1.165, 1.54) is 4.88 Å². The van der Waals surface area contributed by atoms with Crippen LogP contribution in [0.25, 0.3) is 10.6 Å². The molecule has 1 aliphatic heterocycles. The number of nitrogens with one attached hydrogen (secondary N) is 1. The Labute approximate surface area is 198 Å². The molecule has 4 rings (SSSR count). The summed E-state index contributed by atoms with van der Waals surface area (Å²) in [7, 11) is 0. The highest BCUT2D eigenvalue weighted by Crippen LogP contribution is 2.26. The number of amides is 1. The van der Waals surface area contributed by atoms with Gasteiger partial charge >= 0.3 is 11.9 Å². The molecule has 11 heteroatoms. The van der Waals surface area contributed by atoms with Crippen molar-refractivity contribution in [2.75, 3.05) is 38.0 Å². The third-order valence-electron chi connectivity index (χ3n) is 4.76. The first kappa shape index (κ1) is 24.5. The van der Waals surface area contributed by atoms with Crippen molar-refractivity contribution in [3.05, 3.63) is 58.2 Å². The van der Waals surface area contributed by atoms with Crippen molar-refractivity contribution in [2.45, 2.75) is 6.54 Å². The quantitative estimate of drug-likeness (QED) is 0.453. The molecule has 1 aliphatic rings. The first-order valence-electron chi connectivity index (χ1n) is 10.1. The molecule has 33 heavy (non-hydrogen) atoms. The Morgan fingerprint density at radius 2 is 1.58 bits per heavy atom. The molecule has 3 N–H and O–H groups in total. The summed E-state index contributed by atoms with van der Waals surface area (Å²) < 4.78 is 0. The summed E-state index contributed by atoms with van der Waals surface area (Å²) in [5, 5.41) is 23.1. The number of nitrogens with zero attached hydrogens (tertiary/aromatic N) is 3. The number of benzene rings is 1. The molecule has 174 valence electrons. The number of carbonyl (C=O) groups excluding carboxylic acids is 1. The molecule has 2 aromatic heterocycles. The second-order valence-electron chi connectivity index (χ2n) is 7.18. The van der Waals surface area contributed by atoms with E-state index in [1.54, 1.807) is 22.7 Å². The van der Waals surface area contributed by atoms with Gasteiger partial charge in [-0.1, -0.05) is 24.3 Å². The van der Waals surface area contributed by atoms with Crippen LogP contribution in [0.15, 0.2) is 53.2 Å². The van der Waals surface area contributed by atoms with Crippen LogP contribution in [0.4, 0.5) is 5.69 Å². The van der Waals surface area contributed by atoms with Crippen molar-refractivity contribution in [3.8, 4) is 10.6 Å². The topological polar surface area (TPSA) is 123 Å². The number of anilines is 1. The highest BCUT2D eigenvalue weighted by atomic mass is 32.1. The maximum Gasteiger partial charge on any atom is 0.414 e. The molecule has 1 amide bonds. The number of thiazole rings is 1. The minimum Gasteiger partial charge on any atom is -0.473 e. The molecule has 3 aromatic rings. The zero-order valence-electron chi connectivity index (χ0n) is 17.7. The second kappa shape index (κ2) is 12.2. The number of thiophene rings is 1. The molecule has 0 spiro atoms. The molecule has 3 heterocycles. The van der Waals surface area contributed by atoms with Crippen LogP contribution in [0.1, 0.15) is 5.01 Å². The Kier molecular flexibility index (Phi) is 9.07. The van der Waals surface area contributed by atoms with E-state index in [0.717, 1.165) is 49.1 Å². The molecule has 0 saturated carbocycles. The van der Waals surface area contributed by atoms with Gasteiger partial charge in [0.25, 0.3) is 0 Å². The van der Waals surface area contributed by atoms with Gasteiger partial charge in [0.1, 0.15) is 5.01 Å². The van der Waals surface area contributed by atoms with E-state index >= 15 is 0 Å². The van der Waals surface area contributed by atoms with E-state index in [9.17, 15) is 4.79 Å². The average Bonchev–Trinajstić information content (AvgIpc) is 3.48. The second-order valence-corrected chi connectivity index (χ2v) is 9.07. The van der Waals surface area contributed by atoms with E-state index in [0.29, 0.717) is 6.54 Å². The number of piperazine rings is 1. The molecule has 0 radical (unpaired) electrons. The highest BCUT2D eigenvalue weighted by Gasteiger charge is 2.20. The number of para-hydroxylation sites is 1. The van der Waals surface area contributed by atoms with Gasteiger partial charge in [0.15, 0.2) is 0 Å². The Balaban J connectivity index is 0.000000454. The third kappa shape index (κ3) is 8.06. The number of aliphatic carboxylic acids is 2. The van der Waals surface area contributed by atoms with Crippen LogP contribution in [0.2, 0.25) is 0 Å². The summed E-state index contributed by atoms with van der Waals surface area (Å²) in [6.45, 7) is 5.08. The molecule has 1 aromatic carbocycles. The molecular formula is C22H24N4O5S2. The van der Waals surface area contributed by atoms with E-state index in [2.05, 4.69) is 38.0 Å². The van der Waals surface area contributed by atoms with E-state index in [1.807, 2.05) is 30.3 Å². The van der Waals surface area contributed by atoms with Gasteiger partial charge in [0.2, 0.25) is 5.91 Å². The summed E-state index contributed by atoms with van der Waals surface area (Å²) >= 11 is 3.46.